The Morgan fingerprint density at radius 2 is 2.00 bits per heavy atom. The Balaban J connectivity index is 1.94. The molecule has 1 aromatic rings. The average Bonchev–Trinajstić information content (AvgIpc) is 2.47. The van der Waals surface area contributed by atoms with Gasteiger partial charge >= 0.3 is 0 Å². The van der Waals surface area contributed by atoms with Crippen LogP contribution in [0.15, 0.2) is 30.3 Å². The lowest BCUT2D eigenvalue weighted by atomic mass is 9.97. The van der Waals surface area contributed by atoms with Crippen LogP contribution in [-0.2, 0) is 16.6 Å². The molecule has 0 unspecified atom stereocenters. The first kappa shape index (κ1) is 17.4. The summed E-state index contributed by atoms with van der Waals surface area (Å²) in [4.78, 5) is 2.24. The van der Waals surface area contributed by atoms with Crippen molar-refractivity contribution in [3.63, 3.8) is 0 Å². The monoisotopic (exact) mass is 326 g/mol. The van der Waals surface area contributed by atoms with Crippen LogP contribution in [0.1, 0.15) is 18.9 Å². The van der Waals surface area contributed by atoms with Crippen LogP contribution in [-0.4, -0.2) is 61.3 Å². The zero-order valence-electron chi connectivity index (χ0n) is 13.4. The van der Waals surface area contributed by atoms with Crippen LogP contribution in [0.3, 0.4) is 0 Å². The summed E-state index contributed by atoms with van der Waals surface area (Å²) in [6.07, 6.45) is 1.80. The zero-order chi connectivity index (χ0) is 16.2. The Morgan fingerprint density at radius 1 is 1.32 bits per heavy atom. The van der Waals surface area contributed by atoms with Crippen molar-refractivity contribution in [2.45, 2.75) is 26.0 Å². The molecular formula is C16H26N2O3S. The van der Waals surface area contributed by atoms with Crippen LogP contribution < -0.4 is 0 Å². The van der Waals surface area contributed by atoms with Crippen LogP contribution in [0.4, 0.5) is 0 Å². The summed E-state index contributed by atoms with van der Waals surface area (Å²) in [6, 6.07) is 9.65. The molecule has 1 fully saturated rings. The van der Waals surface area contributed by atoms with E-state index in [0.717, 1.165) is 25.1 Å². The molecule has 0 radical (unpaired) electrons. The molecule has 0 aliphatic carbocycles. The molecule has 0 amide bonds. The molecule has 0 bridgehead atoms. The summed E-state index contributed by atoms with van der Waals surface area (Å²) in [7, 11) is -3.23. The van der Waals surface area contributed by atoms with Crippen molar-refractivity contribution in [3.8, 4) is 0 Å². The molecule has 22 heavy (non-hydrogen) atoms. The topological polar surface area (TPSA) is 60.9 Å². The fraction of sp³-hybridized carbons (Fsp3) is 0.625. The van der Waals surface area contributed by atoms with Crippen LogP contribution in [0, 0.1) is 5.92 Å². The molecule has 2 rings (SSSR count). The van der Waals surface area contributed by atoms with E-state index in [2.05, 4.69) is 4.90 Å². The Hall–Kier alpha value is -0.950. The largest absolute Gasteiger partial charge is 0.393 e. The smallest absolute Gasteiger partial charge is 0.211 e. The van der Waals surface area contributed by atoms with Gasteiger partial charge in [0.25, 0.3) is 0 Å². The molecule has 1 heterocycles. The Labute approximate surface area is 133 Å². The molecular weight excluding hydrogens is 300 g/mol. The highest BCUT2D eigenvalue weighted by Gasteiger charge is 2.25. The van der Waals surface area contributed by atoms with Gasteiger partial charge in [-0.1, -0.05) is 37.3 Å². The van der Waals surface area contributed by atoms with E-state index in [0.29, 0.717) is 19.6 Å². The molecule has 0 aromatic heterocycles. The molecule has 1 aromatic carbocycles. The van der Waals surface area contributed by atoms with Crippen LogP contribution >= 0.6 is 0 Å². The first-order valence-corrected chi connectivity index (χ1v) is 9.60. The highest BCUT2D eigenvalue weighted by atomic mass is 32.2. The molecule has 6 heteroatoms. The molecule has 0 saturated carbocycles. The van der Waals surface area contributed by atoms with Crippen molar-refractivity contribution in [2.24, 2.45) is 5.92 Å². The van der Waals surface area contributed by atoms with Gasteiger partial charge < -0.3 is 10.0 Å². The van der Waals surface area contributed by atoms with Gasteiger partial charge in [-0.2, -0.15) is 4.31 Å². The van der Waals surface area contributed by atoms with E-state index in [1.54, 1.807) is 0 Å². The van der Waals surface area contributed by atoms with Crippen molar-refractivity contribution >= 4 is 10.0 Å². The molecule has 1 aliphatic heterocycles. The summed E-state index contributed by atoms with van der Waals surface area (Å²) < 4.78 is 25.5. The summed E-state index contributed by atoms with van der Waals surface area (Å²) in [6.45, 7) is 5.28. The zero-order valence-corrected chi connectivity index (χ0v) is 14.2. The van der Waals surface area contributed by atoms with Gasteiger partial charge in [0.15, 0.2) is 0 Å². The number of likely N-dealkylation sites (tertiary alicyclic amines) is 1. The maximum Gasteiger partial charge on any atom is 0.211 e. The number of nitrogens with zero attached hydrogens (tertiary/aromatic N) is 2. The number of hydrogen-bond donors (Lipinski definition) is 1. The number of piperidine rings is 1. The first-order chi connectivity index (χ1) is 10.4. The average molecular weight is 326 g/mol. The van der Waals surface area contributed by atoms with Crippen molar-refractivity contribution in [3.05, 3.63) is 35.9 Å². The summed E-state index contributed by atoms with van der Waals surface area (Å²) in [5, 5.41) is 9.76. The van der Waals surface area contributed by atoms with Gasteiger partial charge in [0.2, 0.25) is 10.0 Å². The second kappa shape index (κ2) is 7.55. The van der Waals surface area contributed by atoms with Gasteiger partial charge in [0, 0.05) is 32.7 Å². The van der Waals surface area contributed by atoms with Crippen molar-refractivity contribution in [2.75, 3.05) is 32.4 Å². The quantitative estimate of drug-likeness (QED) is 0.852. The third-order valence-corrected chi connectivity index (χ3v) is 5.53. The predicted molar refractivity (Wildman–Crippen MR) is 87.9 cm³/mol. The maximum atomic E-state index is 12.0. The number of benzene rings is 1. The van der Waals surface area contributed by atoms with Crippen LogP contribution in [0.25, 0.3) is 0 Å². The number of sulfonamides is 1. The van der Waals surface area contributed by atoms with Crippen LogP contribution in [0.5, 0.6) is 0 Å². The minimum Gasteiger partial charge on any atom is -0.393 e. The van der Waals surface area contributed by atoms with Gasteiger partial charge in [0.1, 0.15) is 0 Å². The van der Waals surface area contributed by atoms with E-state index < -0.39 is 10.0 Å². The number of rotatable bonds is 6. The van der Waals surface area contributed by atoms with Crippen LogP contribution in [0.2, 0.25) is 0 Å². The summed E-state index contributed by atoms with van der Waals surface area (Å²) >= 11 is 0. The minimum absolute atomic E-state index is 0.230. The lowest BCUT2D eigenvalue weighted by Crippen LogP contribution is -2.45. The summed E-state index contributed by atoms with van der Waals surface area (Å²) in [5.74, 6) is 0.245. The van der Waals surface area contributed by atoms with E-state index in [-0.39, 0.29) is 12.0 Å². The highest BCUT2D eigenvalue weighted by Crippen LogP contribution is 2.17. The maximum absolute atomic E-state index is 12.0. The fourth-order valence-electron chi connectivity index (χ4n) is 2.82. The van der Waals surface area contributed by atoms with E-state index in [1.807, 2.05) is 37.3 Å². The molecule has 124 valence electrons. The third-order valence-electron chi connectivity index (χ3n) is 4.28. The van der Waals surface area contributed by atoms with Gasteiger partial charge in [-0.15, -0.1) is 0 Å². The Kier molecular flexibility index (Phi) is 5.97. The number of hydrogen-bond acceptors (Lipinski definition) is 4. The molecule has 1 aliphatic rings. The standard InChI is InChI=1S/C16H26N2O3S/c1-14-12-17(9-8-16(14)19)10-11-18(22(2,20)21)13-15-6-4-3-5-7-15/h3-7,14,16,19H,8-13H2,1-2H3/t14-,16-/m0/s1. The van der Waals surface area contributed by atoms with E-state index in [4.69, 9.17) is 0 Å². The second-order valence-corrected chi connectivity index (χ2v) is 8.20. The summed E-state index contributed by atoms with van der Waals surface area (Å²) in [5.41, 5.74) is 0.996. The SMILES string of the molecule is C[C@H]1CN(CCN(Cc2ccccc2)S(C)(=O)=O)CC[C@@H]1O. The van der Waals surface area contributed by atoms with E-state index in [1.165, 1.54) is 10.6 Å². The predicted octanol–water partition coefficient (Wildman–Crippen LogP) is 1.15. The fourth-order valence-corrected chi connectivity index (χ4v) is 3.62. The first-order valence-electron chi connectivity index (χ1n) is 7.75. The van der Waals surface area contributed by atoms with Gasteiger partial charge in [0.05, 0.1) is 12.4 Å². The van der Waals surface area contributed by atoms with E-state index in [9.17, 15) is 13.5 Å². The minimum atomic E-state index is -3.23. The van der Waals surface area contributed by atoms with Crippen molar-refractivity contribution in [1.29, 1.82) is 0 Å². The van der Waals surface area contributed by atoms with Gasteiger partial charge in [-0.25, -0.2) is 8.42 Å². The highest BCUT2D eigenvalue weighted by molar-refractivity contribution is 7.88. The number of aliphatic hydroxyl groups is 1. The molecule has 1 saturated heterocycles. The lowest BCUT2D eigenvalue weighted by Gasteiger charge is -2.35. The van der Waals surface area contributed by atoms with Crippen molar-refractivity contribution in [1.82, 2.24) is 9.21 Å². The molecule has 5 nitrogen and oxygen atoms in total. The van der Waals surface area contributed by atoms with E-state index >= 15 is 0 Å². The normalized spacial score (nSPS) is 23.8. The Bertz CT molecular complexity index is 562. The van der Waals surface area contributed by atoms with Gasteiger partial charge in [-0.05, 0) is 17.9 Å². The second-order valence-electron chi connectivity index (χ2n) is 6.22. The molecule has 0 spiro atoms. The lowest BCUT2D eigenvalue weighted by molar-refractivity contribution is 0.0337. The third kappa shape index (κ3) is 5.05. The van der Waals surface area contributed by atoms with Gasteiger partial charge in [-0.3, -0.25) is 0 Å². The molecule has 1 N–H and O–H groups in total. The Morgan fingerprint density at radius 3 is 2.59 bits per heavy atom. The van der Waals surface area contributed by atoms with Crippen molar-refractivity contribution < 1.29 is 13.5 Å². The number of aliphatic hydroxyl groups excluding tert-OH is 1. The molecule has 2 atom stereocenters.